The number of esters is 2. The fourth-order valence-corrected chi connectivity index (χ4v) is 5.13. The molecule has 4 atom stereocenters. The van der Waals surface area contributed by atoms with E-state index in [1.807, 2.05) is 13.0 Å². The molecule has 0 N–H and O–H groups in total. The normalized spacial score (nSPS) is 29.9. The van der Waals surface area contributed by atoms with Crippen LogP contribution in [0.15, 0.2) is 18.2 Å². The molecule has 0 aliphatic heterocycles. The van der Waals surface area contributed by atoms with E-state index in [0.717, 1.165) is 25.0 Å². The Hall–Kier alpha value is -2.04. The maximum Gasteiger partial charge on any atom is 0.311 e. The summed E-state index contributed by atoms with van der Waals surface area (Å²) in [5.74, 6) is 0.960. The number of carbonyl (C=O) groups excluding carboxylic acids is 2. The SMILES string of the molecule is COC(=O)C[C@@H]1[C@@H]2CCc3cc(OC)ccc3[C@@H]2CC[C@@]1(C)C(=O)OC. The van der Waals surface area contributed by atoms with Crippen LogP contribution in [0.3, 0.4) is 0 Å². The molecule has 0 unspecified atom stereocenters. The fourth-order valence-electron chi connectivity index (χ4n) is 5.13. The summed E-state index contributed by atoms with van der Waals surface area (Å²) in [7, 11) is 4.51. The molecule has 1 saturated carbocycles. The van der Waals surface area contributed by atoms with Gasteiger partial charge in [-0.15, -0.1) is 0 Å². The minimum atomic E-state index is -0.645. The summed E-state index contributed by atoms with van der Waals surface area (Å²) in [5, 5.41) is 0. The molecule has 1 aromatic rings. The Kier molecular flexibility index (Phi) is 5.26. The lowest BCUT2D eigenvalue weighted by molar-refractivity contribution is -0.163. The summed E-state index contributed by atoms with van der Waals surface area (Å²) in [6, 6.07) is 6.28. The number of aryl methyl sites for hydroxylation is 1. The first-order valence-corrected chi connectivity index (χ1v) is 9.26. The van der Waals surface area contributed by atoms with E-state index in [1.54, 1.807) is 7.11 Å². The van der Waals surface area contributed by atoms with Gasteiger partial charge in [0.05, 0.1) is 26.7 Å². The number of fused-ring (bicyclic) bond motifs is 3. The maximum absolute atomic E-state index is 12.6. The highest BCUT2D eigenvalue weighted by molar-refractivity contribution is 5.79. The van der Waals surface area contributed by atoms with E-state index in [9.17, 15) is 9.59 Å². The fraction of sp³-hybridized carbons (Fsp3) is 0.619. The number of hydrogen-bond acceptors (Lipinski definition) is 5. The molecule has 1 fully saturated rings. The summed E-state index contributed by atoms with van der Waals surface area (Å²) >= 11 is 0. The van der Waals surface area contributed by atoms with Gasteiger partial charge >= 0.3 is 11.9 Å². The van der Waals surface area contributed by atoms with Gasteiger partial charge in [-0.1, -0.05) is 6.07 Å². The molecule has 2 aliphatic rings. The highest BCUT2D eigenvalue weighted by atomic mass is 16.5. The van der Waals surface area contributed by atoms with Crippen molar-refractivity contribution in [2.75, 3.05) is 21.3 Å². The molecule has 0 spiro atoms. The second kappa shape index (κ2) is 7.29. The zero-order chi connectivity index (χ0) is 18.9. The summed E-state index contributed by atoms with van der Waals surface area (Å²) in [6.45, 7) is 1.95. The molecule has 142 valence electrons. The van der Waals surface area contributed by atoms with Crippen molar-refractivity contribution in [1.82, 2.24) is 0 Å². The van der Waals surface area contributed by atoms with E-state index in [-0.39, 0.29) is 30.2 Å². The Labute approximate surface area is 155 Å². The molecular formula is C21H28O5. The van der Waals surface area contributed by atoms with Crippen LogP contribution in [0.25, 0.3) is 0 Å². The number of hydrogen-bond donors (Lipinski definition) is 0. The van der Waals surface area contributed by atoms with Crippen molar-refractivity contribution >= 4 is 11.9 Å². The maximum atomic E-state index is 12.6. The summed E-state index contributed by atoms with van der Waals surface area (Å²) < 4.78 is 15.4. The molecule has 0 saturated heterocycles. The summed E-state index contributed by atoms with van der Waals surface area (Å²) in [4.78, 5) is 24.7. The van der Waals surface area contributed by atoms with E-state index in [1.165, 1.54) is 25.3 Å². The summed E-state index contributed by atoms with van der Waals surface area (Å²) in [5.41, 5.74) is 2.02. The van der Waals surface area contributed by atoms with Crippen molar-refractivity contribution in [3.8, 4) is 5.75 Å². The van der Waals surface area contributed by atoms with Gasteiger partial charge in [-0.05, 0) is 73.6 Å². The van der Waals surface area contributed by atoms with Gasteiger partial charge in [0.2, 0.25) is 0 Å². The molecule has 3 rings (SSSR count). The van der Waals surface area contributed by atoms with E-state index >= 15 is 0 Å². The number of benzene rings is 1. The Morgan fingerprint density at radius 2 is 1.92 bits per heavy atom. The number of methoxy groups -OCH3 is 3. The topological polar surface area (TPSA) is 61.8 Å². The third-order valence-corrected chi connectivity index (χ3v) is 6.59. The molecule has 1 aromatic carbocycles. The van der Waals surface area contributed by atoms with Crippen LogP contribution >= 0.6 is 0 Å². The number of rotatable bonds is 4. The minimum absolute atomic E-state index is 0.0728. The predicted molar refractivity (Wildman–Crippen MR) is 97.0 cm³/mol. The van der Waals surface area contributed by atoms with Gasteiger partial charge in [-0.2, -0.15) is 0 Å². The smallest absolute Gasteiger partial charge is 0.311 e. The van der Waals surface area contributed by atoms with Crippen LogP contribution in [0.2, 0.25) is 0 Å². The van der Waals surface area contributed by atoms with Crippen molar-refractivity contribution in [2.24, 2.45) is 17.3 Å². The molecule has 26 heavy (non-hydrogen) atoms. The van der Waals surface area contributed by atoms with Gasteiger partial charge in [0, 0.05) is 6.42 Å². The number of ether oxygens (including phenoxy) is 3. The molecule has 0 bridgehead atoms. The van der Waals surface area contributed by atoms with Gasteiger partial charge in [0.15, 0.2) is 0 Å². The van der Waals surface area contributed by atoms with Gasteiger partial charge < -0.3 is 14.2 Å². The van der Waals surface area contributed by atoms with Crippen LogP contribution in [-0.4, -0.2) is 33.3 Å². The van der Waals surface area contributed by atoms with Crippen molar-refractivity contribution in [2.45, 2.75) is 44.9 Å². The minimum Gasteiger partial charge on any atom is -0.497 e. The molecule has 0 radical (unpaired) electrons. The van der Waals surface area contributed by atoms with E-state index in [4.69, 9.17) is 14.2 Å². The highest BCUT2D eigenvalue weighted by Gasteiger charge is 2.53. The van der Waals surface area contributed by atoms with Crippen LogP contribution in [-0.2, 0) is 25.5 Å². The lowest BCUT2D eigenvalue weighted by atomic mass is 9.54. The molecule has 2 aliphatic carbocycles. The highest BCUT2D eigenvalue weighted by Crippen LogP contribution is 2.56. The predicted octanol–water partition coefficient (Wildman–Crippen LogP) is 3.49. The van der Waals surface area contributed by atoms with Crippen molar-refractivity contribution in [3.05, 3.63) is 29.3 Å². The monoisotopic (exact) mass is 360 g/mol. The lowest BCUT2D eigenvalue weighted by Gasteiger charge is -2.50. The third kappa shape index (κ3) is 3.08. The average Bonchev–Trinajstić information content (AvgIpc) is 2.68. The van der Waals surface area contributed by atoms with Gasteiger partial charge in [0.1, 0.15) is 5.75 Å². The quantitative estimate of drug-likeness (QED) is 0.769. The van der Waals surface area contributed by atoms with Gasteiger partial charge in [-0.25, -0.2) is 0 Å². The van der Waals surface area contributed by atoms with Crippen LogP contribution in [0.4, 0.5) is 0 Å². The van der Waals surface area contributed by atoms with Crippen molar-refractivity contribution in [3.63, 3.8) is 0 Å². The van der Waals surface area contributed by atoms with Crippen LogP contribution in [0.5, 0.6) is 5.75 Å². The molecule has 0 amide bonds. The van der Waals surface area contributed by atoms with Crippen LogP contribution in [0.1, 0.15) is 49.7 Å². The Bertz CT molecular complexity index is 698. The van der Waals surface area contributed by atoms with E-state index in [2.05, 4.69) is 12.1 Å². The van der Waals surface area contributed by atoms with Gasteiger partial charge in [0.25, 0.3) is 0 Å². The largest absolute Gasteiger partial charge is 0.497 e. The zero-order valence-electron chi connectivity index (χ0n) is 16.0. The molecule has 5 heteroatoms. The van der Waals surface area contributed by atoms with Crippen LogP contribution < -0.4 is 4.74 Å². The second-order valence-electron chi connectivity index (χ2n) is 7.71. The lowest BCUT2D eigenvalue weighted by Crippen LogP contribution is -2.48. The second-order valence-corrected chi connectivity index (χ2v) is 7.71. The standard InChI is InChI=1S/C21H28O5/c1-21(20(23)26-4)10-9-16-15-8-6-14(24-2)11-13(15)5-7-17(16)18(21)12-19(22)25-3/h6,8,11,16-18H,5,7,9-10,12H2,1-4H3/t16-,17+,18+,21+/m0/s1. The zero-order valence-corrected chi connectivity index (χ0v) is 16.0. The molecule has 5 nitrogen and oxygen atoms in total. The Morgan fingerprint density at radius 1 is 1.15 bits per heavy atom. The van der Waals surface area contributed by atoms with E-state index in [0.29, 0.717) is 12.3 Å². The van der Waals surface area contributed by atoms with Crippen LogP contribution in [0, 0.1) is 17.3 Å². The van der Waals surface area contributed by atoms with Gasteiger partial charge in [-0.3, -0.25) is 9.59 Å². The van der Waals surface area contributed by atoms with Crippen molar-refractivity contribution in [1.29, 1.82) is 0 Å². The molecule has 0 aromatic heterocycles. The third-order valence-electron chi connectivity index (χ3n) is 6.59. The first-order chi connectivity index (χ1) is 12.4. The molecular weight excluding hydrogens is 332 g/mol. The first kappa shape index (κ1) is 18.7. The van der Waals surface area contributed by atoms with Crippen molar-refractivity contribution < 1.29 is 23.8 Å². The Morgan fingerprint density at radius 3 is 2.58 bits per heavy atom. The molecule has 0 heterocycles. The first-order valence-electron chi connectivity index (χ1n) is 9.26. The summed E-state index contributed by atoms with van der Waals surface area (Å²) in [6.07, 6.45) is 3.79. The Balaban J connectivity index is 1.97. The average molecular weight is 360 g/mol. The van der Waals surface area contributed by atoms with E-state index < -0.39 is 5.41 Å². The number of carbonyl (C=O) groups is 2.